The summed E-state index contributed by atoms with van der Waals surface area (Å²) >= 11 is 1.52. The van der Waals surface area contributed by atoms with Gasteiger partial charge >= 0.3 is 7.82 Å². The van der Waals surface area contributed by atoms with Crippen LogP contribution in [0.3, 0.4) is 0 Å². The van der Waals surface area contributed by atoms with Gasteiger partial charge in [-0.3, -0.25) is 4.89 Å². The molecule has 6 rings (SSSR count). The molecule has 178 valence electrons. The van der Waals surface area contributed by atoms with Gasteiger partial charge in [-0.2, -0.15) is 0 Å². The summed E-state index contributed by atoms with van der Waals surface area (Å²) < 4.78 is 30.6. The molecule has 1 atom stereocenters. The van der Waals surface area contributed by atoms with Crippen LogP contribution in [0.2, 0.25) is 0 Å². The highest BCUT2D eigenvalue weighted by atomic mass is 32.2. The molecule has 0 spiro atoms. The van der Waals surface area contributed by atoms with Crippen molar-refractivity contribution in [2.24, 2.45) is 0 Å². The molecule has 36 heavy (non-hydrogen) atoms. The Labute approximate surface area is 212 Å². The van der Waals surface area contributed by atoms with Crippen molar-refractivity contribution >= 4 is 53.0 Å². The molecule has 1 aliphatic heterocycles. The zero-order valence-electron chi connectivity index (χ0n) is 19.3. The lowest BCUT2D eigenvalue weighted by Gasteiger charge is -2.19. The maximum Gasteiger partial charge on any atom is 0.584 e. The van der Waals surface area contributed by atoms with Crippen LogP contribution in [-0.2, 0) is 9.09 Å². The van der Waals surface area contributed by atoms with Gasteiger partial charge in [-0.15, -0.1) is 0 Å². The van der Waals surface area contributed by atoms with E-state index in [2.05, 4.69) is 0 Å². The highest BCUT2D eigenvalue weighted by molar-refractivity contribution is 7.99. The predicted octanol–water partition coefficient (Wildman–Crippen LogP) is 8.16. The number of hydrogen-bond acceptors (Lipinski definition) is 5. The standard InChI is InChI=1S/C29H21O5PS/c1-32-25-15-8-14-24-27(18-20-10-3-7-16-28(20)36-29(24)25)34-35(30,31)33-26-17-19-9-2-4-11-21(19)22-12-5-6-13-23(22)26/h2-18H,1H3,(H,30,31). The van der Waals surface area contributed by atoms with Crippen LogP contribution in [0.4, 0.5) is 0 Å². The van der Waals surface area contributed by atoms with Crippen molar-refractivity contribution in [3.8, 4) is 11.5 Å². The van der Waals surface area contributed by atoms with Gasteiger partial charge in [-0.05, 0) is 52.1 Å². The van der Waals surface area contributed by atoms with Gasteiger partial charge in [0.25, 0.3) is 0 Å². The van der Waals surface area contributed by atoms with Crippen LogP contribution in [0.15, 0.2) is 107 Å². The predicted molar refractivity (Wildman–Crippen MR) is 144 cm³/mol. The Morgan fingerprint density at radius 3 is 2.31 bits per heavy atom. The summed E-state index contributed by atoms with van der Waals surface area (Å²) in [4.78, 5) is 12.8. The van der Waals surface area contributed by atoms with E-state index in [1.807, 2.05) is 91.0 Å². The van der Waals surface area contributed by atoms with E-state index in [-0.39, 0.29) is 11.5 Å². The van der Waals surface area contributed by atoms with E-state index in [4.69, 9.17) is 13.8 Å². The Balaban J connectivity index is 1.44. The van der Waals surface area contributed by atoms with Gasteiger partial charge in [-0.1, -0.05) is 84.6 Å². The summed E-state index contributed by atoms with van der Waals surface area (Å²) in [6.45, 7) is 0. The Kier molecular flexibility index (Phi) is 5.73. The van der Waals surface area contributed by atoms with Crippen molar-refractivity contribution in [1.82, 2.24) is 0 Å². The first-order valence-corrected chi connectivity index (χ1v) is 13.6. The van der Waals surface area contributed by atoms with Crippen LogP contribution in [0.25, 0.3) is 33.4 Å². The van der Waals surface area contributed by atoms with Crippen molar-refractivity contribution < 1.29 is 23.2 Å². The summed E-state index contributed by atoms with van der Waals surface area (Å²) in [6.07, 6.45) is 1.76. The molecule has 5 nitrogen and oxygen atoms in total. The average Bonchev–Trinajstić information content (AvgIpc) is 3.04. The monoisotopic (exact) mass is 512 g/mol. The van der Waals surface area contributed by atoms with Crippen LogP contribution in [-0.4, -0.2) is 12.0 Å². The number of hydrogen-bond donors (Lipinski definition) is 1. The fraction of sp³-hybridized carbons (Fsp3) is 0.0345. The molecule has 7 heteroatoms. The van der Waals surface area contributed by atoms with Crippen LogP contribution < -0.4 is 9.26 Å². The van der Waals surface area contributed by atoms with E-state index >= 15 is 0 Å². The second-order valence-electron chi connectivity index (χ2n) is 8.28. The molecule has 0 saturated heterocycles. The molecule has 0 radical (unpaired) electrons. The summed E-state index contributed by atoms with van der Waals surface area (Å²) in [5.41, 5.74) is 1.52. The van der Waals surface area contributed by atoms with Crippen molar-refractivity contribution in [3.05, 3.63) is 108 Å². The third-order valence-corrected chi connectivity index (χ3v) is 8.11. The number of ether oxygens (including phenoxy) is 1. The lowest BCUT2D eigenvalue weighted by atomic mass is 10.0. The first-order valence-electron chi connectivity index (χ1n) is 11.3. The van der Waals surface area contributed by atoms with E-state index in [9.17, 15) is 9.46 Å². The number of methoxy groups -OCH3 is 1. The largest absolute Gasteiger partial charge is 0.584 e. The van der Waals surface area contributed by atoms with E-state index in [1.165, 1.54) is 11.8 Å². The van der Waals surface area contributed by atoms with Gasteiger partial charge in [0.15, 0.2) is 0 Å². The van der Waals surface area contributed by atoms with E-state index in [0.29, 0.717) is 11.3 Å². The zero-order chi connectivity index (χ0) is 24.7. The molecule has 0 saturated carbocycles. The molecule has 0 fully saturated rings. The highest BCUT2D eigenvalue weighted by Crippen LogP contribution is 2.53. The number of rotatable bonds is 5. The smallest absolute Gasteiger partial charge is 0.496 e. The molecule has 1 N–H and O–H groups in total. The third-order valence-electron chi connectivity index (χ3n) is 6.04. The Morgan fingerprint density at radius 1 is 0.750 bits per heavy atom. The second-order valence-corrected chi connectivity index (χ2v) is 10.6. The molecule has 1 aliphatic rings. The number of phosphoric acid groups is 1. The van der Waals surface area contributed by atoms with Crippen molar-refractivity contribution in [1.29, 1.82) is 0 Å². The minimum absolute atomic E-state index is 0.234. The lowest BCUT2D eigenvalue weighted by Crippen LogP contribution is -2.00. The van der Waals surface area contributed by atoms with Crippen molar-refractivity contribution in [2.45, 2.75) is 9.79 Å². The van der Waals surface area contributed by atoms with E-state index < -0.39 is 7.82 Å². The third kappa shape index (κ3) is 4.14. The molecule has 0 aromatic heterocycles. The first-order chi connectivity index (χ1) is 17.5. The molecule has 1 heterocycles. The van der Waals surface area contributed by atoms with Crippen LogP contribution in [0.1, 0.15) is 11.1 Å². The fourth-order valence-corrected chi connectivity index (χ4v) is 6.41. The van der Waals surface area contributed by atoms with Crippen LogP contribution in [0.5, 0.6) is 11.5 Å². The quantitative estimate of drug-likeness (QED) is 0.189. The van der Waals surface area contributed by atoms with Gasteiger partial charge in [0, 0.05) is 15.8 Å². The summed E-state index contributed by atoms with van der Waals surface area (Å²) in [5.74, 6) is 1.17. The second kappa shape index (κ2) is 9.07. The minimum atomic E-state index is -4.59. The van der Waals surface area contributed by atoms with Crippen molar-refractivity contribution in [2.75, 3.05) is 7.11 Å². The Hall–Kier alpha value is -3.70. The molecular weight excluding hydrogens is 491 g/mol. The van der Waals surface area contributed by atoms with Gasteiger partial charge < -0.3 is 13.8 Å². The Morgan fingerprint density at radius 2 is 1.47 bits per heavy atom. The number of fused-ring (bicyclic) bond motifs is 5. The molecule has 5 aromatic rings. The van der Waals surface area contributed by atoms with Crippen molar-refractivity contribution in [3.63, 3.8) is 0 Å². The summed E-state index contributed by atoms with van der Waals surface area (Å²) in [7, 11) is -2.99. The molecule has 0 bridgehead atoms. The normalized spacial score (nSPS) is 14.2. The lowest BCUT2D eigenvalue weighted by molar-refractivity contribution is 0.278. The van der Waals surface area contributed by atoms with Gasteiger partial charge in [0.1, 0.15) is 17.3 Å². The number of phosphoric ester groups is 1. The molecule has 5 aromatic carbocycles. The first kappa shape index (κ1) is 22.7. The zero-order valence-corrected chi connectivity index (χ0v) is 21.0. The number of benzene rings is 5. The van der Waals surface area contributed by atoms with E-state index in [1.54, 1.807) is 19.3 Å². The fourth-order valence-electron chi connectivity index (χ4n) is 4.44. The highest BCUT2D eigenvalue weighted by Gasteiger charge is 2.31. The Bertz CT molecular complexity index is 1710. The van der Waals surface area contributed by atoms with Gasteiger partial charge in [0.05, 0.1) is 12.0 Å². The molecular formula is C29H21O5PS. The average molecular weight is 513 g/mol. The molecule has 0 aliphatic carbocycles. The van der Waals surface area contributed by atoms with Crippen LogP contribution >= 0.6 is 19.6 Å². The molecule has 0 amide bonds. The van der Waals surface area contributed by atoms with E-state index in [0.717, 1.165) is 36.9 Å². The van der Waals surface area contributed by atoms with Gasteiger partial charge in [0.2, 0.25) is 0 Å². The van der Waals surface area contributed by atoms with Crippen LogP contribution in [0, 0.1) is 0 Å². The summed E-state index contributed by atoms with van der Waals surface area (Å²) in [5, 5.41) is 3.60. The maximum atomic E-state index is 13.5. The summed E-state index contributed by atoms with van der Waals surface area (Å²) in [6, 6.07) is 30.6. The maximum absolute atomic E-state index is 13.5. The topological polar surface area (TPSA) is 65.0 Å². The minimum Gasteiger partial charge on any atom is -0.496 e. The molecule has 1 unspecified atom stereocenters. The van der Waals surface area contributed by atoms with Gasteiger partial charge in [-0.25, -0.2) is 4.57 Å². The SMILES string of the molecule is COc1cccc2c1Sc1ccccc1C=C2OP(=O)(O)Oc1cc2ccccc2c2ccccc12.